The van der Waals surface area contributed by atoms with Crippen molar-refractivity contribution in [2.45, 2.75) is 57.9 Å². The van der Waals surface area contributed by atoms with E-state index >= 15 is 0 Å². The Bertz CT molecular complexity index is 364. The van der Waals surface area contributed by atoms with E-state index in [2.05, 4.69) is 24.5 Å². The summed E-state index contributed by atoms with van der Waals surface area (Å²) in [6.07, 6.45) is 6.41. The first kappa shape index (κ1) is 15.3. The number of urea groups is 1. The highest BCUT2D eigenvalue weighted by Crippen LogP contribution is 2.35. The Hall–Kier alpha value is -1.10. The van der Waals surface area contributed by atoms with Crippen molar-refractivity contribution in [1.29, 1.82) is 0 Å². The maximum absolute atomic E-state index is 12.3. The largest absolute Gasteiger partial charge is 0.378 e. The van der Waals surface area contributed by atoms with Crippen molar-refractivity contribution in [2.75, 3.05) is 13.2 Å². The predicted molar refractivity (Wildman–Crippen MR) is 76.3 cm³/mol. The van der Waals surface area contributed by atoms with Crippen LogP contribution in [0.15, 0.2) is 0 Å². The third kappa shape index (κ3) is 3.32. The predicted octanol–water partition coefficient (Wildman–Crippen LogP) is 2.21. The zero-order valence-corrected chi connectivity index (χ0v) is 12.5. The molecule has 5 heteroatoms. The van der Waals surface area contributed by atoms with Gasteiger partial charge in [0.15, 0.2) is 0 Å². The second-order valence-electron chi connectivity index (χ2n) is 6.45. The third-order valence-corrected chi connectivity index (χ3v) is 4.44. The zero-order valence-electron chi connectivity index (χ0n) is 12.5. The molecule has 0 aromatic rings. The number of hydrogen-bond donors (Lipinski definition) is 2. The van der Waals surface area contributed by atoms with Crippen LogP contribution in [-0.4, -0.2) is 30.7 Å². The molecule has 114 valence electrons. The van der Waals surface area contributed by atoms with Gasteiger partial charge in [-0.3, -0.25) is 10.1 Å². The Kier molecular flexibility index (Phi) is 5.02. The van der Waals surface area contributed by atoms with Crippen molar-refractivity contribution >= 4 is 11.9 Å². The lowest BCUT2D eigenvalue weighted by Gasteiger charge is -2.36. The molecule has 2 aliphatic rings. The topological polar surface area (TPSA) is 67.4 Å². The molecular formula is C15H26N2O3. The average Bonchev–Trinajstić information content (AvgIpc) is 2.71. The Labute approximate surface area is 120 Å². The molecule has 1 unspecified atom stereocenters. The molecule has 0 radical (unpaired) electrons. The Morgan fingerprint density at radius 2 is 1.95 bits per heavy atom. The smallest absolute Gasteiger partial charge is 0.322 e. The number of ether oxygens (including phenoxy) is 1. The summed E-state index contributed by atoms with van der Waals surface area (Å²) in [5.74, 6) is 0.563. The first-order valence-electron chi connectivity index (χ1n) is 7.76. The van der Waals surface area contributed by atoms with E-state index in [4.69, 9.17) is 4.74 Å². The van der Waals surface area contributed by atoms with E-state index in [1.165, 1.54) is 6.42 Å². The van der Waals surface area contributed by atoms with Gasteiger partial charge in [0.1, 0.15) is 5.54 Å². The van der Waals surface area contributed by atoms with Gasteiger partial charge in [-0.1, -0.05) is 33.1 Å². The zero-order chi connectivity index (χ0) is 14.6. The normalized spacial score (nSPS) is 27.8. The maximum atomic E-state index is 12.3. The van der Waals surface area contributed by atoms with Crippen LogP contribution in [0.4, 0.5) is 4.79 Å². The van der Waals surface area contributed by atoms with E-state index in [0.717, 1.165) is 32.1 Å². The summed E-state index contributed by atoms with van der Waals surface area (Å²) in [5, 5.41) is 5.24. The molecule has 3 amide bonds. The van der Waals surface area contributed by atoms with E-state index in [0.29, 0.717) is 19.1 Å². The molecule has 0 bridgehead atoms. The van der Waals surface area contributed by atoms with E-state index in [-0.39, 0.29) is 17.9 Å². The molecule has 5 nitrogen and oxygen atoms in total. The molecule has 2 N–H and O–H groups in total. The second-order valence-corrected chi connectivity index (χ2v) is 6.45. The molecular weight excluding hydrogens is 256 g/mol. The highest BCUT2D eigenvalue weighted by molar-refractivity contribution is 6.07. The monoisotopic (exact) mass is 282 g/mol. The Morgan fingerprint density at radius 3 is 2.50 bits per heavy atom. The van der Waals surface area contributed by atoms with Crippen molar-refractivity contribution in [3.63, 3.8) is 0 Å². The fraction of sp³-hybridized carbons (Fsp3) is 0.867. The van der Waals surface area contributed by atoms with Crippen LogP contribution in [0.1, 0.15) is 52.4 Å². The lowest BCUT2D eigenvalue weighted by atomic mass is 9.75. The molecule has 1 saturated carbocycles. The van der Waals surface area contributed by atoms with Crippen molar-refractivity contribution in [2.24, 2.45) is 11.8 Å². The number of nitrogens with one attached hydrogen (secondary N) is 2. The summed E-state index contributed by atoms with van der Waals surface area (Å²) >= 11 is 0. The van der Waals surface area contributed by atoms with Gasteiger partial charge in [-0.15, -0.1) is 0 Å². The van der Waals surface area contributed by atoms with Crippen LogP contribution in [0, 0.1) is 11.8 Å². The van der Waals surface area contributed by atoms with E-state index in [9.17, 15) is 9.59 Å². The summed E-state index contributed by atoms with van der Waals surface area (Å²) < 4.78 is 5.73. The van der Waals surface area contributed by atoms with E-state index in [1.807, 2.05) is 0 Å². The van der Waals surface area contributed by atoms with Crippen molar-refractivity contribution in [3.05, 3.63) is 0 Å². The fourth-order valence-electron chi connectivity index (χ4n) is 3.16. The van der Waals surface area contributed by atoms with Crippen molar-refractivity contribution < 1.29 is 14.3 Å². The molecule has 0 aromatic carbocycles. The lowest BCUT2D eigenvalue weighted by molar-refractivity contribution is -0.129. The van der Waals surface area contributed by atoms with Gasteiger partial charge in [0.05, 0.1) is 6.61 Å². The number of imide groups is 1. The molecule has 1 aliphatic carbocycles. The fourth-order valence-corrected chi connectivity index (χ4v) is 3.16. The number of rotatable bonds is 6. The van der Waals surface area contributed by atoms with Crippen LogP contribution >= 0.6 is 0 Å². The summed E-state index contributed by atoms with van der Waals surface area (Å²) in [6.45, 7) is 5.21. The van der Waals surface area contributed by atoms with Crippen LogP contribution in [0.25, 0.3) is 0 Å². The molecule has 1 atom stereocenters. The summed E-state index contributed by atoms with van der Waals surface area (Å²) in [5.41, 5.74) is -0.839. The third-order valence-electron chi connectivity index (χ3n) is 4.44. The number of amides is 3. The minimum Gasteiger partial charge on any atom is -0.378 e. The van der Waals surface area contributed by atoms with Gasteiger partial charge in [-0.2, -0.15) is 0 Å². The van der Waals surface area contributed by atoms with Crippen LogP contribution in [0.2, 0.25) is 0 Å². The number of hydrogen-bond acceptors (Lipinski definition) is 3. The average molecular weight is 282 g/mol. The van der Waals surface area contributed by atoms with Crippen molar-refractivity contribution in [1.82, 2.24) is 10.6 Å². The van der Waals surface area contributed by atoms with Crippen LogP contribution < -0.4 is 10.6 Å². The van der Waals surface area contributed by atoms with Gasteiger partial charge in [-0.25, -0.2) is 4.79 Å². The van der Waals surface area contributed by atoms with E-state index < -0.39 is 5.54 Å². The van der Waals surface area contributed by atoms with Crippen molar-refractivity contribution in [3.8, 4) is 0 Å². The molecule has 2 fully saturated rings. The quantitative estimate of drug-likeness (QED) is 0.580. The molecule has 0 aromatic heterocycles. The van der Waals surface area contributed by atoms with Gasteiger partial charge in [-0.05, 0) is 31.1 Å². The standard InChI is InChI=1S/C15H26N2O3/c1-11(2)8-9-20-10-15(12-6-4-3-5-7-12)13(18)16-14(19)17-15/h11-12H,3-10H2,1-2H3,(H2,16,17,18,19). The minimum absolute atomic E-state index is 0.196. The summed E-state index contributed by atoms with van der Waals surface area (Å²) in [7, 11) is 0. The van der Waals surface area contributed by atoms with Gasteiger partial charge in [0.2, 0.25) is 0 Å². The molecule has 0 spiro atoms. The molecule has 1 saturated heterocycles. The molecule has 1 heterocycles. The highest BCUT2D eigenvalue weighted by atomic mass is 16.5. The molecule has 20 heavy (non-hydrogen) atoms. The van der Waals surface area contributed by atoms with Crippen LogP contribution in [0.5, 0.6) is 0 Å². The van der Waals surface area contributed by atoms with Crippen LogP contribution in [-0.2, 0) is 9.53 Å². The highest BCUT2D eigenvalue weighted by Gasteiger charge is 2.52. The second kappa shape index (κ2) is 6.57. The van der Waals surface area contributed by atoms with Gasteiger partial charge in [0.25, 0.3) is 5.91 Å². The van der Waals surface area contributed by atoms with Gasteiger partial charge < -0.3 is 10.1 Å². The first-order valence-corrected chi connectivity index (χ1v) is 7.76. The maximum Gasteiger partial charge on any atom is 0.322 e. The first-order chi connectivity index (χ1) is 9.54. The molecule has 1 aliphatic heterocycles. The number of carbonyl (C=O) groups is 2. The lowest BCUT2D eigenvalue weighted by Crippen LogP contribution is -2.57. The Balaban J connectivity index is 2.00. The van der Waals surface area contributed by atoms with Crippen LogP contribution in [0.3, 0.4) is 0 Å². The minimum atomic E-state index is -0.839. The van der Waals surface area contributed by atoms with E-state index in [1.54, 1.807) is 0 Å². The Morgan fingerprint density at radius 1 is 1.25 bits per heavy atom. The SMILES string of the molecule is CC(C)CCOCC1(C2CCCCC2)NC(=O)NC1=O. The number of carbonyl (C=O) groups excluding carboxylic acids is 2. The summed E-state index contributed by atoms with van der Waals surface area (Å²) in [4.78, 5) is 23.8. The van der Waals surface area contributed by atoms with Gasteiger partial charge in [0, 0.05) is 6.61 Å². The van der Waals surface area contributed by atoms with Gasteiger partial charge >= 0.3 is 6.03 Å². The molecule has 2 rings (SSSR count). The summed E-state index contributed by atoms with van der Waals surface area (Å²) in [6, 6.07) is -0.381.